The van der Waals surface area contributed by atoms with Gasteiger partial charge in [-0.2, -0.15) is 13.5 Å². The van der Waals surface area contributed by atoms with E-state index in [0.717, 1.165) is 19.3 Å². The van der Waals surface area contributed by atoms with Crippen LogP contribution in [0.3, 0.4) is 0 Å². The molecule has 0 amide bonds. The standard InChI is InChI=1S/C12H16N4O4S/c17-12-9-7-13-16(8-3-1-4-8)11(9)14-10(15-12)5-2-6-21(18,19)20/h7-8H,1-6H2,(H,14,15,17)(H,18,19,20). The van der Waals surface area contributed by atoms with E-state index in [2.05, 4.69) is 15.1 Å². The SMILES string of the molecule is O=c1[nH]c(CCCS(=O)(=O)O)nc2c1cnn2C1CCC1. The minimum atomic E-state index is -3.99. The van der Waals surface area contributed by atoms with Crippen LogP contribution in [0, 0.1) is 0 Å². The lowest BCUT2D eigenvalue weighted by Crippen LogP contribution is -2.20. The lowest BCUT2D eigenvalue weighted by Gasteiger charge is -2.25. The molecule has 0 aromatic carbocycles. The average Bonchev–Trinajstić information content (AvgIpc) is 2.70. The van der Waals surface area contributed by atoms with Gasteiger partial charge in [0, 0.05) is 6.42 Å². The number of aromatic nitrogens is 4. The molecule has 1 saturated carbocycles. The Morgan fingerprint density at radius 3 is 2.81 bits per heavy atom. The van der Waals surface area contributed by atoms with Gasteiger partial charge in [0.1, 0.15) is 11.2 Å². The van der Waals surface area contributed by atoms with Crippen LogP contribution < -0.4 is 5.56 Å². The maximum Gasteiger partial charge on any atom is 0.264 e. The number of rotatable bonds is 5. The highest BCUT2D eigenvalue weighted by Gasteiger charge is 2.23. The summed E-state index contributed by atoms with van der Waals surface area (Å²) in [5.41, 5.74) is 0.276. The molecule has 1 fully saturated rings. The van der Waals surface area contributed by atoms with E-state index in [1.165, 1.54) is 6.20 Å². The highest BCUT2D eigenvalue weighted by molar-refractivity contribution is 7.85. The number of nitrogens with one attached hydrogen (secondary N) is 1. The molecular weight excluding hydrogens is 296 g/mol. The normalized spacial score (nSPS) is 16.2. The van der Waals surface area contributed by atoms with Gasteiger partial charge in [0.15, 0.2) is 5.65 Å². The Kier molecular flexibility index (Phi) is 3.54. The molecule has 1 aliphatic rings. The van der Waals surface area contributed by atoms with Crippen LogP contribution in [0.15, 0.2) is 11.0 Å². The molecule has 0 spiro atoms. The van der Waals surface area contributed by atoms with Crippen molar-refractivity contribution >= 4 is 21.2 Å². The second kappa shape index (κ2) is 5.23. The molecule has 1 aliphatic carbocycles. The molecule has 0 radical (unpaired) electrons. The molecule has 0 bridgehead atoms. The summed E-state index contributed by atoms with van der Waals surface area (Å²) in [5, 5.41) is 4.68. The number of aryl methyl sites for hydroxylation is 1. The first-order chi connectivity index (χ1) is 9.94. The molecule has 2 N–H and O–H groups in total. The summed E-state index contributed by atoms with van der Waals surface area (Å²) in [7, 11) is -3.99. The Labute approximate surface area is 120 Å². The largest absolute Gasteiger partial charge is 0.310 e. The molecule has 3 rings (SSSR count). The lowest BCUT2D eigenvalue weighted by atomic mass is 9.93. The predicted molar refractivity (Wildman–Crippen MR) is 75.8 cm³/mol. The van der Waals surface area contributed by atoms with Gasteiger partial charge >= 0.3 is 0 Å². The van der Waals surface area contributed by atoms with E-state index in [1.807, 2.05) is 0 Å². The van der Waals surface area contributed by atoms with Crippen molar-refractivity contribution < 1.29 is 13.0 Å². The maximum absolute atomic E-state index is 12.0. The smallest absolute Gasteiger partial charge is 0.264 e. The van der Waals surface area contributed by atoms with Crippen molar-refractivity contribution in [1.82, 2.24) is 19.7 Å². The van der Waals surface area contributed by atoms with Crippen LogP contribution in [-0.4, -0.2) is 38.5 Å². The van der Waals surface area contributed by atoms with Crippen molar-refractivity contribution in [3.8, 4) is 0 Å². The Hall–Kier alpha value is -1.74. The Morgan fingerprint density at radius 1 is 1.43 bits per heavy atom. The average molecular weight is 312 g/mol. The topological polar surface area (TPSA) is 118 Å². The van der Waals surface area contributed by atoms with Crippen molar-refractivity contribution in [1.29, 1.82) is 0 Å². The van der Waals surface area contributed by atoms with E-state index in [4.69, 9.17) is 4.55 Å². The summed E-state index contributed by atoms with van der Waals surface area (Å²) in [5.74, 6) is 0.0635. The number of H-pyrrole nitrogens is 1. The molecule has 2 heterocycles. The minimum absolute atomic E-state index is 0.199. The Morgan fingerprint density at radius 2 is 2.19 bits per heavy atom. The Bertz CT molecular complexity index is 819. The molecular formula is C12H16N4O4S. The number of nitrogens with zero attached hydrogens (tertiary/aromatic N) is 3. The fraction of sp³-hybridized carbons (Fsp3) is 0.583. The van der Waals surface area contributed by atoms with Gasteiger partial charge < -0.3 is 4.98 Å². The van der Waals surface area contributed by atoms with Gasteiger partial charge in [-0.05, 0) is 25.7 Å². The van der Waals surface area contributed by atoms with Crippen LogP contribution in [0.4, 0.5) is 0 Å². The van der Waals surface area contributed by atoms with Gasteiger partial charge in [0.05, 0.1) is 18.0 Å². The molecule has 2 aromatic heterocycles. The lowest BCUT2D eigenvalue weighted by molar-refractivity contribution is 0.296. The molecule has 0 aliphatic heterocycles. The summed E-state index contributed by atoms with van der Waals surface area (Å²) < 4.78 is 31.9. The van der Waals surface area contributed by atoms with Gasteiger partial charge in [0.25, 0.3) is 15.7 Å². The van der Waals surface area contributed by atoms with Crippen molar-refractivity contribution in [3.63, 3.8) is 0 Å². The number of aromatic amines is 1. The summed E-state index contributed by atoms with van der Waals surface area (Å²) in [6.07, 6.45) is 5.20. The number of fused-ring (bicyclic) bond motifs is 1. The first-order valence-corrected chi connectivity index (χ1v) is 8.46. The molecule has 9 heteroatoms. The molecule has 8 nitrogen and oxygen atoms in total. The van der Waals surface area contributed by atoms with Crippen LogP contribution in [0.1, 0.15) is 37.5 Å². The predicted octanol–water partition coefficient (Wildman–Crippen LogP) is 0.665. The van der Waals surface area contributed by atoms with Crippen LogP contribution >= 0.6 is 0 Å². The molecule has 2 aromatic rings. The van der Waals surface area contributed by atoms with E-state index in [1.54, 1.807) is 4.68 Å². The molecule has 0 unspecified atom stereocenters. The van der Waals surface area contributed by atoms with Crippen molar-refractivity contribution in [2.45, 2.75) is 38.1 Å². The minimum Gasteiger partial charge on any atom is -0.310 e. The van der Waals surface area contributed by atoms with Gasteiger partial charge in [-0.25, -0.2) is 9.67 Å². The van der Waals surface area contributed by atoms with Gasteiger partial charge in [-0.3, -0.25) is 9.35 Å². The number of hydrogen-bond acceptors (Lipinski definition) is 5. The van der Waals surface area contributed by atoms with Crippen molar-refractivity contribution in [3.05, 3.63) is 22.4 Å². The van der Waals surface area contributed by atoms with Crippen LogP contribution in [-0.2, 0) is 16.5 Å². The van der Waals surface area contributed by atoms with E-state index in [-0.39, 0.29) is 24.2 Å². The highest BCUT2D eigenvalue weighted by Crippen LogP contribution is 2.32. The Balaban J connectivity index is 1.88. The highest BCUT2D eigenvalue weighted by atomic mass is 32.2. The zero-order chi connectivity index (χ0) is 15.0. The fourth-order valence-corrected chi connectivity index (χ4v) is 2.93. The molecule has 0 atom stereocenters. The van der Waals surface area contributed by atoms with Crippen LogP contribution in [0.5, 0.6) is 0 Å². The second-order valence-corrected chi connectivity index (χ2v) is 6.89. The van der Waals surface area contributed by atoms with Crippen molar-refractivity contribution in [2.75, 3.05) is 5.75 Å². The first kappa shape index (κ1) is 14.2. The zero-order valence-electron chi connectivity index (χ0n) is 11.3. The van der Waals surface area contributed by atoms with Crippen molar-refractivity contribution in [2.24, 2.45) is 0 Å². The number of hydrogen-bond donors (Lipinski definition) is 2. The third-order valence-electron chi connectivity index (χ3n) is 3.75. The summed E-state index contributed by atoms with van der Waals surface area (Å²) >= 11 is 0. The van der Waals surface area contributed by atoms with E-state index in [0.29, 0.717) is 22.9 Å². The zero-order valence-corrected chi connectivity index (χ0v) is 12.1. The second-order valence-electron chi connectivity index (χ2n) is 5.31. The fourth-order valence-electron chi connectivity index (χ4n) is 2.42. The van der Waals surface area contributed by atoms with Gasteiger partial charge in [-0.15, -0.1) is 0 Å². The van der Waals surface area contributed by atoms with E-state index < -0.39 is 10.1 Å². The van der Waals surface area contributed by atoms with Gasteiger partial charge in [-0.1, -0.05) is 0 Å². The maximum atomic E-state index is 12.0. The van der Waals surface area contributed by atoms with Crippen LogP contribution in [0.2, 0.25) is 0 Å². The third kappa shape index (κ3) is 2.98. The summed E-state index contributed by atoms with van der Waals surface area (Å²) in [4.78, 5) is 19.0. The first-order valence-electron chi connectivity index (χ1n) is 6.85. The summed E-state index contributed by atoms with van der Waals surface area (Å²) in [6.45, 7) is 0. The monoisotopic (exact) mass is 312 g/mol. The van der Waals surface area contributed by atoms with Crippen LogP contribution in [0.25, 0.3) is 11.0 Å². The quantitative estimate of drug-likeness (QED) is 0.783. The molecule has 21 heavy (non-hydrogen) atoms. The molecule has 114 valence electrons. The molecule has 0 saturated heterocycles. The summed E-state index contributed by atoms with van der Waals surface area (Å²) in [6, 6.07) is 0.294. The third-order valence-corrected chi connectivity index (χ3v) is 4.55. The van der Waals surface area contributed by atoms with E-state index in [9.17, 15) is 13.2 Å². The van der Waals surface area contributed by atoms with Gasteiger partial charge in [0.2, 0.25) is 0 Å². The van der Waals surface area contributed by atoms with E-state index >= 15 is 0 Å².